The van der Waals surface area contributed by atoms with Gasteiger partial charge in [0.2, 0.25) is 0 Å². The summed E-state index contributed by atoms with van der Waals surface area (Å²) in [5.74, 6) is -1.58. The summed E-state index contributed by atoms with van der Waals surface area (Å²) in [5.41, 5.74) is 0. The van der Waals surface area contributed by atoms with E-state index in [2.05, 4.69) is 179 Å². The van der Waals surface area contributed by atoms with Crippen LogP contribution in [0.3, 0.4) is 0 Å². The zero-order valence-electron chi connectivity index (χ0n) is 72.7. The largest absolute Gasteiger partial charge is 0.472 e. The molecule has 4 N–H and O–H groups in total. The van der Waals surface area contributed by atoms with Gasteiger partial charge in [-0.1, -0.05) is 371 Å². The van der Waals surface area contributed by atoms with Crippen molar-refractivity contribution >= 4 is 33.6 Å². The van der Waals surface area contributed by atoms with Gasteiger partial charge in [-0.3, -0.25) is 32.5 Å². The van der Waals surface area contributed by atoms with Crippen molar-refractivity contribution in [2.45, 2.75) is 399 Å². The number of hydrogen-bond acceptors (Lipinski definition) is 14. The molecule has 0 saturated carbocycles. The molecule has 16 nitrogen and oxygen atoms in total. The van der Waals surface area contributed by atoms with Crippen LogP contribution in [0.15, 0.2) is 158 Å². The van der Waals surface area contributed by atoms with Crippen LogP contribution in [0.4, 0.5) is 0 Å². The monoisotopic (exact) mass is 1650 g/mol. The molecule has 660 valence electrons. The summed E-state index contributed by atoms with van der Waals surface area (Å²) < 4.78 is 61.4. The van der Waals surface area contributed by atoms with Crippen molar-refractivity contribution in [1.82, 2.24) is 0 Å². The van der Waals surface area contributed by atoms with Crippen molar-refractivity contribution in [2.24, 2.45) is 0 Å². The predicted octanol–water partition coefficient (Wildman–Crippen LogP) is 28.1. The van der Waals surface area contributed by atoms with E-state index in [1.807, 2.05) is 0 Å². The average Bonchev–Trinajstić information content (AvgIpc) is 0.902. The highest BCUT2D eigenvalue weighted by Crippen LogP contribution is 2.45. The Bertz CT molecular complexity index is 2720. The lowest BCUT2D eigenvalue weighted by Crippen LogP contribution is -2.30. The number of unbranched alkanes of at least 4 members (excludes halogenated alkanes) is 37. The predicted molar refractivity (Wildman–Crippen MR) is 482 cm³/mol. The van der Waals surface area contributed by atoms with Crippen LogP contribution in [-0.4, -0.2) is 95.9 Å². The van der Waals surface area contributed by atoms with Crippen molar-refractivity contribution in [3.63, 3.8) is 0 Å². The molecule has 0 heterocycles. The minimum atomic E-state index is -4.94. The second kappa shape index (κ2) is 88.5. The van der Waals surface area contributed by atoms with Gasteiger partial charge >= 0.3 is 33.6 Å². The summed E-state index contributed by atoms with van der Waals surface area (Å²) in [6.45, 7) is 2.48. The molecule has 0 radical (unpaired) electrons. The highest BCUT2D eigenvalue weighted by molar-refractivity contribution is 7.47. The van der Waals surface area contributed by atoms with Crippen LogP contribution < -0.4 is 0 Å². The van der Waals surface area contributed by atoms with E-state index in [1.54, 1.807) is 0 Å². The Balaban J connectivity index is 4.45. The summed E-state index contributed by atoms with van der Waals surface area (Å²) in [4.78, 5) is 58.9. The number of aliphatic hydroxyl groups is 2. The number of rotatable bonds is 86. The van der Waals surface area contributed by atoms with Crippen LogP contribution in [0.2, 0.25) is 0 Å². The second-order valence-electron chi connectivity index (χ2n) is 30.3. The summed E-state index contributed by atoms with van der Waals surface area (Å²) in [6.07, 6.45) is 113. The standard InChI is InChI=1S/C97H166O16P2/c1-4-7-10-13-16-19-22-25-28-30-32-34-36-38-40-42-43-44-45-46-47-49-51-52-54-56-58-60-63-65-68-71-74-77-80-83-95(100)107-86-92(98)87-109-114(103,104)110-88-93(99)89-111-115(105,106)112-91-94(113-97(102)85-82-79-76-73-70-67-62-27-24-21-18-15-12-9-6-3)90-108-96(101)84-81-78-75-72-69-66-64-61-59-57-55-53-50-48-41-39-37-35-33-31-29-26-23-20-17-14-11-8-5-2/h7-8,10-11,16-17,19-20,25-29,32-35,38-41,43-44,50,53,62,92-94,98-99H,4-6,9,12-15,18,21-24,30-31,36-37,42,45-49,51-52,54-61,63-91H2,1-3H3,(H,103,104)(H,105,106)/b10-7-,11-8-,19-16-,20-17-,28-25-,29-26-,34-32-,35-33-,40-38-,41-39-,44-43-,53-50-,62-27-. The fraction of sp³-hybridized carbons (Fsp3) is 0.701. The lowest BCUT2D eigenvalue weighted by Gasteiger charge is -2.21. The third kappa shape index (κ3) is 89.8. The molecular weight excluding hydrogens is 1480 g/mol. The first-order chi connectivity index (χ1) is 56.2. The summed E-state index contributed by atoms with van der Waals surface area (Å²) in [6, 6.07) is 0. The topological polar surface area (TPSA) is 231 Å². The average molecular weight is 1650 g/mol. The third-order valence-corrected chi connectivity index (χ3v) is 21.1. The smallest absolute Gasteiger partial charge is 0.463 e. The molecule has 0 amide bonds. The van der Waals surface area contributed by atoms with Crippen molar-refractivity contribution in [3.8, 4) is 0 Å². The van der Waals surface area contributed by atoms with Crippen molar-refractivity contribution in [1.29, 1.82) is 0 Å². The van der Waals surface area contributed by atoms with Gasteiger partial charge in [-0.2, -0.15) is 0 Å². The molecule has 0 rings (SSSR count). The van der Waals surface area contributed by atoms with Crippen LogP contribution in [0.5, 0.6) is 0 Å². The number of phosphoric ester groups is 2. The third-order valence-electron chi connectivity index (χ3n) is 19.2. The first-order valence-electron chi connectivity index (χ1n) is 45.8. The van der Waals surface area contributed by atoms with E-state index in [1.165, 1.54) is 154 Å². The first kappa shape index (κ1) is 110. The number of allylic oxidation sites excluding steroid dienone is 26. The first-order valence-corrected chi connectivity index (χ1v) is 48.8. The number of carbonyl (C=O) groups is 3. The number of hydrogen-bond donors (Lipinski definition) is 4. The van der Waals surface area contributed by atoms with Crippen molar-refractivity contribution in [3.05, 3.63) is 158 Å². The van der Waals surface area contributed by atoms with E-state index in [9.17, 15) is 43.5 Å². The normalized spacial score (nSPS) is 14.5. The van der Waals surface area contributed by atoms with Gasteiger partial charge in [0.15, 0.2) is 6.10 Å². The Morgan fingerprint density at radius 3 is 0.739 bits per heavy atom. The molecule has 0 aliphatic carbocycles. The van der Waals surface area contributed by atoms with Gasteiger partial charge in [-0.15, -0.1) is 0 Å². The lowest BCUT2D eigenvalue weighted by atomic mass is 10.0. The molecule has 0 spiro atoms. The molecule has 0 aromatic rings. The Hall–Kier alpha value is -4.83. The van der Waals surface area contributed by atoms with E-state index >= 15 is 0 Å². The maximum Gasteiger partial charge on any atom is 0.472 e. The molecular formula is C97H166O16P2. The molecule has 0 aromatic heterocycles. The molecule has 0 fully saturated rings. The molecule has 115 heavy (non-hydrogen) atoms. The van der Waals surface area contributed by atoms with Crippen LogP contribution in [0.1, 0.15) is 380 Å². The SMILES string of the molecule is CC/C=C\C/C=C\C/C=C\C/C=C\C/C=C\C/C=C\CCCCCCCCCCCCCCCCCCC(=O)OCC(O)COP(=O)(O)OCC(O)COP(=O)(O)OCC(COC(=O)CCCCCCCCCCCC/C=C\C/C=C\C/C=C\C/C=C\C/C=C\C/C=C\CC)OC(=O)CCCCCCC/C=C\CCCCCCCC. The molecule has 5 unspecified atom stereocenters. The minimum Gasteiger partial charge on any atom is -0.463 e. The van der Waals surface area contributed by atoms with Gasteiger partial charge in [0.1, 0.15) is 25.4 Å². The lowest BCUT2D eigenvalue weighted by molar-refractivity contribution is -0.161. The number of esters is 3. The van der Waals surface area contributed by atoms with Crippen LogP contribution in [0.25, 0.3) is 0 Å². The molecule has 0 aromatic carbocycles. The quantitative estimate of drug-likeness (QED) is 0.0146. The van der Waals surface area contributed by atoms with E-state index < -0.39 is 91.5 Å². The number of ether oxygens (including phenoxy) is 3. The van der Waals surface area contributed by atoms with Gasteiger partial charge in [0.05, 0.1) is 26.4 Å². The molecule has 18 heteroatoms. The van der Waals surface area contributed by atoms with Crippen LogP contribution >= 0.6 is 15.6 Å². The molecule has 0 saturated heterocycles. The van der Waals surface area contributed by atoms with E-state index in [0.29, 0.717) is 19.3 Å². The zero-order valence-corrected chi connectivity index (χ0v) is 74.5. The fourth-order valence-electron chi connectivity index (χ4n) is 12.3. The number of aliphatic hydroxyl groups excluding tert-OH is 2. The van der Waals surface area contributed by atoms with Crippen LogP contribution in [-0.2, 0) is 55.8 Å². The van der Waals surface area contributed by atoms with Gasteiger partial charge in [-0.25, -0.2) is 9.13 Å². The summed E-state index contributed by atoms with van der Waals surface area (Å²) in [5, 5.41) is 20.7. The Morgan fingerprint density at radius 1 is 0.252 bits per heavy atom. The van der Waals surface area contributed by atoms with Crippen molar-refractivity contribution < 1.29 is 75.8 Å². The van der Waals surface area contributed by atoms with Gasteiger partial charge in [-0.05, 0) is 148 Å². The Labute approximate surface area is 701 Å². The molecule has 0 aliphatic heterocycles. The van der Waals surface area contributed by atoms with Crippen molar-refractivity contribution in [2.75, 3.05) is 39.6 Å². The molecule has 0 aliphatic rings. The van der Waals surface area contributed by atoms with E-state index in [0.717, 1.165) is 167 Å². The number of phosphoric acid groups is 2. The van der Waals surface area contributed by atoms with Gasteiger partial charge in [0, 0.05) is 19.3 Å². The van der Waals surface area contributed by atoms with Gasteiger partial charge < -0.3 is 34.2 Å². The molecule has 0 bridgehead atoms. The highest BCUT2D eigenvalue weighted by atomic mass is 31.2. The van der Waals surface area contributed by atoms with Gasteiger partial charge in [0.25, 0.3) is 0 Å². The zero-order chi connectivity index (χ0) is 83.6. The highest BCUT2D eigenvalue weighted by Gasteiger charge is 2.29. The molecule has 5 atom stereocenters. The van der Waals surface area contributed by atoms with Crippen LogP contribution in [0, 0.1) is 0 Å². The van der Waals surface area contributed by atoms with E-state index in [4.69, 9.17) is 32.3 Å². The maximum atomic E-state index is 13.0. The fourth-order valence-corrected chi connectivity index (χ4v) is 13.9. The minimum absolute atomic E-state index is 0.0921. The Morgan fingerprint density at radius 2 is 0.461 bits per heavy atom. The van der Waals surface area contributed by atoms with E-state index in [-0.39, 0.29) is 19.3 Å². The maximum absolute atomic E-state index is 13.0. The Kier molecular flexibility index (Phi) is 84.7. The summed E-state index contributed by atoms with van der Waals surface area (Å²) in [7, 11) is -9.80. The summed E-state index contributed by atoms with van der Waals surface area (Å²) >= 11 is 0. The second-order valence-corrected chi connectivity index (χ2v) is 33.2. The number of carbonyl (C=O) groups excluding carboxylic acids is 3.